The Labute approximate surface area is 135 Å². The molecule has 1 amide bonds. The molecule has 0 spiro atoms. The van der Waals surface area contributed by atoms with Gasteiger partial charge in [-0.3, -0.25) is 4.79 Å². The van der Waals surface area contributed by atoms with Crippen LogP contribution >= 0.6 is 0 Å². The number of rotatable bonds is 8. The van der Waals surface area contributed by atoms with Crippen LogP contribution in [0.2, 0.25) is 0 Å². The number of carbonyl (C=O) groups excluding carboxylic acids is 1. The van der Waals surface area contributed by atoms with Crippen molar-refractivity contribution in [1.29, 1.82) is 0 Å². The predicted molar refractivity (Wildman–Crippen MR) is 85.2 cm³/mol. The van der Waals surface area contributed by atoms with Gasteiger partial charge < -0.3 is 19.7 Å². The van der Waals surface area contributed by atoms with E-state index in [-0.39, 0.29) is 25.0 Å². The first-order valence-corrected chi connectivity index (χ1v) is 8.82. The maximum Gasteiger partial charge on any atom is 0.251 e. The number of ether oxygens (including phenoxy) is 2. The summed E-state index contributed by atoms with van der Waals surface area (Å²) in [4.78, 5) is 13.9. The van der Waals surface area contributed by atoms with E-state index in [1.807, 2.05) is 19.0 Å². The molecule has 1 heterocycles. The number of sulfonamides is 1. The maximum atomic E-state index is 12.0. The van der Waals surface area contributed by atoms with Gasteiger partial charge in [-0.25, -0.2) is 13.1 Å². The summed E-state index contributed by atoms with van der Waals surface area (Å²) in [5.74, 6) is 0.577. The van der Waals surface area contributed by atoms with E-state index in [4.69, 9.17) is 9.47 Å². The molecule has 2 rings (SSSR count). The summed E-state index contributed by atoms with van der Waals surface area (Å²) in [5.41, 5.74) is 0.396. The number of nitrogens with one attached hydrogen (secondary N) is 2. The van der Waals surface area contributed by atoms with Gasteiger partial charge in [0, 0.05) is 25.2 Å². The van der Waals surface area contributed by atoms with Crippen LogP contribution < -0.4 is 19.5 Å². The number of likely N-dealkylation sites (N-methyl/N-ethyl adjacent to an activating group) is 1. The van der Waals surface area contributed by atoms with Gasteiger partial charge in [0.05, 0.1) is 5.75 Å². The third kappa shape index (κ3) is 5.38. The van der Waals surface area contributed by atoms with Crippen LogP contribution in [0.4, 0.5) is 0 Å². The summed E-state index contributed by atoms with van der Waals surface area (Å²) in [6.45, 7) is 1.12. The van der Waals surface area contributed by atoms with Crippen LogP contribution in [0.25, 0.3) is 0 Å². The number of carbonyl (C=O) groups is 1. The zero-order valence-corrected chi connectivity index (χ0v) is 14.0. The summed E-state index contributed by atoms with van der Waals surface area (Å²) in [6.07, 6.45) is 0. The quantitative estimate of drug-likeness (QED) is 0.668. The molecule has 1 aliphatic heterocycles. The number of hydrogen-bond acceptors (Lipinski definition) is 6. The molecule has 9 heteroatoms. The standard InChI is InChI=1S/C14H21N3O5S/c1-17(2)7-5-16-23(19,20)8-6-15-14(18)11-3-4-12-13(9-11)22-10-21-12/h3-4,9,16H,5-8,10H2,1-2H3,(H,15,18). The molecule has 23 heavy (non-hydrogen) atoms. The largest absolute Gasteiger partial charge is 0.454 e. The van der Waals surface area contributed by atoms with Gasteiger partial charge in [-0.1, -0.05) is 0 Å². The predicted octanol–water partition coefficient (Wildman–Crippen LogP) is -0.374. The molecular formula is C14H21N3O5S. The molecule has 0 radical (unpaired) electrons. The van der Waals surface area contributed by atoms with Gasteiger partial charge >= 0.3 is 0 Å². The number of amides is 1. The van der Waals surface area contributed by atoms with E-state index >= 15 is 0 Å². The van der Waals surface area contributed by atoms with Crippen LogP contribution in [0.15, 0.2) is 18.2 Å². The number of benzene rings is 1. The van der Waals surface area contributed by atoms with Crippen molar-refractivity contribution < 1.29 is 22.7 Å². The van der Waals surface area contributed by atoms with E-state index in [1.54, 1.807) is 18.2 Å². The Morgan fingerprint density at radius 1 is 1.22 bits per heavy atom. The molecule has 1 aromatic rings. The Bertz CT molecular complexity index is 660. The van der Waals surface area contributed by atoms with Gasteiger partial charge in [0.15, 0.2) is 11.5 Å². The minimum atomic E-state index is -3.40. The second-order valence-electron chi connectivity index (χ2n) is 5.34. The molecule has 0 bridgehead atoms. The zero-order chi connectivity index (χ0) is 16.9. The zero-order valence-electron chi connectivity index (χ0n) is 13.2. The van der Waals surface area contributed by atoms with Gasteiger partial charge in [0.2, 0.25) is 16.8 Å². The fourth-order valence-electron chi connectivity index (χ4n) is 1.94. The van der Waals surface area contributed by atoms with Crippen molar-refractivity contribution in [2.24, 2.45) is 0 Å². The highest BCUT2D eigenvalue weighted by Gasteiger charge is 2.16. The van der Waals surface area contributed by atoms with Gasteiger partial charge in [-0.05, 0) is 32.3 Å². The molecule has 0 atom stereocenters. The SMILES string of the molecule is CN(C)CCNS(=O)(=O)CCNC(=O)c1ccc2c(c1)OCO2. The molecule has 0 saturated heterocycles. The van der Waals surface area contributed by atoms with Crippen LogP contribution in [0.1, 0.15) is 10.4 Å². The Morgan fingerprint density at radius 2 is 1.96 bits per heavy atom. The van der Waals surface area contributed by atoms with E-state index in [1.165, 1.54) is 0 Å². The minimum Gasteiger partial charge on any atom is -0.454 e. The Balaban J connectivity index is 1.78. The fraction of sp³-hybridized carbons (Fsp3) is 0.500. The first kappa shape index (κ1) is 17.5. The van der Waals surface area contributed by atoms with Crippen LogP contribution in [-0.4, -0.2) is 65.5 Å². The van der Waals surface area contributed by atoms with E-state index < -0.39 is 10.0 Å². The minimum absolute atomic E-state index is 0.0323. The van der Waals surface area contributed by atoms with Crippen LogP contribution in [-0.2, 0) is 10.0 Å². The normalized spacial score (nSPS) is 13.3. The van der Waals surface area contributed by atoms with Crippen molar-refractivity contribution in [2.75, 3.05) is 46.3 Å². The lowest BCUT2D eigenvalue weighted by Crippen LogP contribution is -2.37. The van der Waals surface area contributed by atoms with Gasteiger partial charge in [0.1, 0.15) is 0 Å². The molecule has 0 aromatic heterocycles. The van der Waals surface area contributed by atoms with Crippen molar-refractivity contribution >= 4 is 15.9 Å². The van der Waals surface area contributed by atoms with E-state index in [9.17, 15) is 13.2 Å². The highest BCUT2D eigenvalue weighted by molar-refractivity contribution is 7.89. The Kier molecular flexibility index (Phi) is 5.80. The summed E-state index contributed by atoms with van der Waals surface area (Å²) in [7, 11) is 0.321. The maximum absolute atomic E-state index is 12.0. The van der Waals surface area contributed by atoms with E-state index in [2.05, 4.69) is 10.0 Å². The second kappa shape index (κ2) is 7.62. The molecule has 0 aliphatic carbocycles. The highest BCUT2D eigenvalue weighted by Crippen LogP contribution is 2.32. The molecule has 128 valence electrons. The lowest BCUT2D eigenvalue weighted by atomic mass is 10.2. The van der Waals surface area contributed by atoms with Crippen molar-refractivity contribution in [1.82, 2.24) is 14.9 Å². The molecule has 0 unspecified atom stereocenters. The van der Waals surface area contributed by atoms with Gasteiger partial charge in [0.25, 0.3) is 5.91 Å². The fourth-order valence-corrected chi connectivity index (χ4v) is 2.85. The Morgan fingerprint density at radius 3 is 2.70 bits per heavy atom. The van der Waals surface area contributed by atoms with Crippen molar-refractivity contribution in [3.63, 3.8) is 0 Å². The summed E-state index contributed by atoms with van der Waals surface area (Å²) < 4.78 is 36.4. The average molecular weight is 343 g/mol. The molecular weight excluding hydrogens is 322 g/mol. The monoisotopic (exact) mass is 343 g/mol. The van der Waals surface area contributed by atoms with Crippen molar-refractivity contribution in [2.45, 2.75) is 0 Å². The molecule has 1 aliphatic rings. The summed E-state index contributed by atoms with van der Waals surface area (Å²) >= 11 is 0. The van der Waals surface area contributed by atoms with Crippen molar-refractivity contribution in [3.05, 3.63) is 23.8 Å². The topological polar surface area (TPSA) is 97.0 Å². The first-order chi connectivity index (χ1) is 10.9. The first-order valence-electron chi connectivity index (χ1n) is 7.17. The molecule has 0 fully saturated rings. The molecule has 0 saturated carbocycles. The number of fused-ring (bicyclic) bond motifs is 1. The van der Waals surface area contributed by atoms with Gasteiger partial charge in [-0.2, -0.15) is 0 Å². The third-order valence-electron chi connectivity index (χ3n) is 3.17. The summed E-state index contributed by atoms with van der Waals surface area (Å²) in [6, 6.07) is 4.82. The van der Waals surface area contributed by atoms with Crippen molar-refractivity contribution in [3.8, 4) is 11.5 Å². The number of hydrogen-bond donors (Lipinski definition) is 2. The van der Waals surface area contributed by atoms with Crippen LogP contribution in [0.5, 0.6) is 11.5 Å². The highest BCUT2D eigenvalue weighted by atomic mass is 32.2. The van der Waals surface area contributed by atoms with Crippen LogP contribution in [0, 0.1) is 0 Å². The lowest BCUT2D eigenvalue weighted by Gasteiger charge is -2.11. The lowest BCUT2D eigenvalue weighted by molar-refractivity contribution is 0.0955. The Hall–Kier alpha value is -1.84. The smallest absolute Gasteiger partial charge is 0.251 e. The second-order valence-corrected chi connectivity index (χ2v) is 7.27. The van der Waals surface area contributed by atoms with E-state index in [0.29, 0.717) is 30.2 Å². The van der Waals surface area contributed by atoms with Gasteiger partial charge in [-0.15, -0.1) is 0 Å². The van der Waals surface area contributed by atoms with Crippen LogP contribution in [0.3, 0.4) is 0 Å². The average Bonchev–Trinajstić information content (AvgIpc) is 2.93. The molecule has 2 N–H and O–H groups in total. The third-order valence-corrected chi connectivity index (χ3v) is 4.56. The molecule has 1 aromatic carbocycles. The van der Waals surface area contributed by atoms with E-state index in [0.717, 1.165) is 0 Å². The summed E-state index contributed by atoms with van der Waals surface area (Å²) in [5, 5.41) is 2.58. The molecule has 8 nitrogen and oxygen atoms in total. The number of nitrogens with zero attached hydrogens (tertiary/aromatic N) is 1.